The largest absolute Gasteiger partial charge is 0.493 e. The van der Waals surface area contributed by atoms with Crippen LogP contribution in [0.25, 0.3) is 11.1 Å². The number of hydrogen-bond acceptors (Lipinski definition) is 4. The molecule has 0 aliphatic carbocycles. The summed E-state index contributed by atoms with van der Waals surface area (Å²) in [6.07, 6.45) is 4.71. The number of aromatic nitrogens is 1. The van der Waals surface area contributed by atoms with Crippen molar-refractivity contribution in [1.29, 1.82) is 0 Å². The lowest BCUT2D eigenvalue weighted by atomic mass is 9.99. The van der Waals surface area contributed by atoms with Gasteiger partial charge in [0.15, 0.2) is 11.5 Å². The van der Waals surface area contributed by atoms with Crippen LogP contribution in [-0.2, 0) is 6.54 Å². The minimum Gasteiger partial charge on any atom is -0.493 e. The van der Waals surface area contributed by atoms with Crippen molar-refractivity contribution < 1.29 is 9.47 Å². The molecular formula is C17H22N2O2. The van der Waals surface area contributed by atoms with Crippen molar-refractivity contribution in [1.82, 2.24) is 10.3 Å². The van der Waals surface area contributed by atoms with Crippen molar-refractivity contribution in [2.45, 2.75) is 19.9 Å². The van der Waals surface area contributed by atoms with Crippen LogP contribution in [-0.4, -0.2) is 25.7 Å². The van der Waals surface area contributed by atoms with Gasteiger partial charge in [0.25, 0.3) is 0 Å². The minimum absolute atomic E-state index is 0.739. The summed E-state index contributed by atoms with van der Waals surface area (Å²) in [4.78, 5) is 4.08. The molecule has 2 rings (SSSR count). The monoisotopic (exact) mass is 286 g/mol. The van der Waals surface area contributed by atoms with Gasteiger partial charge < -0.3 is 14.8 Å². The van der Waals surface area contributed by atoms with Gasteiger partial charge in [-0.2, -0.15) is 0 Å². The zero-order valence-electron chi connectivity index (χ0n) is 12.8. The molecule has 0 amide bonds. The summed E-state index contributed by atoms with van der Waals surface area (Å²) in [5.74, 6) is 1.49. The van der Waals surface area contributed by atoms with E-state index in [1.165, 1.54) is 5.56 Å². The highest BCUT2D eigenvalue weighted by Crippen LogP contribution is 2.35. The first-order chi connectivity index (χ1) is 10.3. The molecule has 0 unspecified atom stereocenters. The maximum absolute atomic E-state index is 5.42. The van der Waals surface area contributed by atoms with E-state index in [0.717, 1.165) is 42.1 Å². The lowest BCUT2D eigenvalue weighted by Crippen LogP contribution is -2.14. The van der Waals surface area contributed by atoms with E-state index in [1.54, 1.807) is 26.6 Å². The molecule has 0 fully saturated rings. The fraction of sp³-hybridized carbons (Fsp3) is 0.353. The molecule has 4 heteroatoms. The van der Waals surface area contributed by atoms with Gasteiger partial charge in [-0.25, -0.2) is 0 Å². The normalized spacial score (nSPS) is 10.4. The van der Waals surface area contributed by atoms with Crippen LogP contribution in [0, 0.1) is 0 Å². The van der Waals surface area contributed by atoms with Crippen LogP contribution in [0.2, 0.25) is 0 Å². The van der Waals surface area contributed by atoms with Gasteiger partial charge in [0.05, 0.1) is 14.2 Å². The Morgan fingerprint density at radius 2 is 1.71 bits per heavy atom. The summed E-state index contributed by atoms with van der Waals surface area (Å²) in [6.45, 7) is 3.95. The molecule has 0 aliphatic rings. The van der Waals surface area contributed by atoms with Gasteiger partial charge >= 0.3 is 0 Å². The molecule has 0 saturated heterocycles. The molecule has 0 atom stereocenters. The zero-order chi connectivity index (χ0) is 15.1. The second-order valence-electron chi connectivity index (χ2n) is 4.78. The molecule has 0 radical (unpaired) electrons. The van der Waals surface area contributed by atoms with Gasteiger partial charge in [-0.3, -0.25) is 4.98 Å². The summed E-state index contributed by atoms with van der Waals surface area (Å²) in [5.41, 5.74) is 3.45. The first-order valence-electron chi connectivity index (χ1n) is 7.16. The molecule has 0 bridgehead atoms. The van der Waals surface area contributed by atoms with Crippen LogP contribution in [0.1, 0.15) is 18.9 Å². The van der Waals surface area contributed by atoms with Crippen molar-refractivity contribution >= 4 is 0 Å². The summed E-state index contributed by atoms with van der Waals surface area (Å²) < 4.78 is 10.8. The van der Waals surface area contributed by atoms with E-state index in [9.17, 15) is 0 Å². The smallest absolute Gasteiger partial charge is 0.161 e. The quantitative estimate of drug-likeness (QED) is 0.793. The Hall–Kier alpha value is -2.07. The number of ether oxygens (including phenoxy) is 2. The Morgan fingerprint density at radius 1 is 1.05 bits per heavy atom. The molecule has 1 N–H and O–H groups in total. The topological polar surface area (TPSA) is 43.4 Å². The van der Waals surface area contributed by atoms with Crippen LogP contribution in [0.5, 0.6) is 11.5 Å². The van der Waals surface area contributed by atoms with Gasteiger partial charge in [-0.05, 0) is 53.9 Å². The van der Waals surface area contributed by atoms with Crippen LogP contribution in [0.4, 0.5) is 0 Å². The molecule has 0 saturated carbocycles. The zero-order valence-corrected chi connectivity index (χ0v) is 12.8. The van der Waals surface area contributed by atoms with E-state index < -0.39 is 0 Å². The first kappa shape index (κ1) is 15.3. The fourth-order valence-corrected chi connectivity index (χ4v) is 2.27. The maximum atomic E-state index is 5.42. The van der Waals surface area contributed by atoms with Crippen molar-refractivity contribution in [2.75, 3.05) is 20.8 Å². The molecule has 0 aliphatic heterocycles. The second-order valence-corrected chi connectivity index (χ2v) is 4.78. The third kappa shape index (κ3) is 3.73. The molecule has 2 aromatic rings. The Bertz CT molecular complexity index is 571. The summed E-state index contributed by atoms with van der Waals surface area (Å²) in [5, 5.41) is 3.44. The van der Waals surface area contributed by atoms with Gasteiger partial charge in [0.1, 0.15) is 0 Å². The predicted molar refractivity (Wildman–Crippen MR) is 84.8 cm³/mol. The molecular weight excluding hydrogens is 264 g/mol. The number of nitrogens with zero attached hydrogens (tertiary/aromatic N) is 1. The minimum atomic E-state index is 0.739. The third-order valence-electron chi connectivity index (χ3n) is 3.34. The lowest BCUT2D eigenvalue weighted by Gasteiger charge is -2.15. The summed E-state index contributed by atoms with van der Waals surface area (Å²) in [6, 6.07) is 8.07. The number of nitrogens with one attached hydrogen (secondary N) is 1. The van der Waals surface area contributed by atoms with E-state index in [0.29, 0.717) is 0 Å². The van der Waals surface area contributed by atoms with Crippen LogP contribution in [0.3, 0.4) is 0 Å². The Morgan fingerprint density at radius 3 is 2.33 bits per heavy atom. The molecule has 1 aromatic carbocycles. The van der Waals surface area contributed by atoms with E-state index in [4.69, 9.17) is 9.47 Å². The molecule has 4 nitrogen and oxygen atoms in total. The average molecular weight is 286 g/mol. The molecule has 1 heterocycles. The molecule has 1 aromatic heterocycles. The average Bonchev–Trinajstić information content (AvgIpc) is 2.55. The first-order valence-corrected chi connectivity index (χ1v) is 7.16. The summed E-state index contributed by atoms with van der Waals surface area (Å²) >= 11 is 0. The van der Waals surface area contributed by atoms with E-state index in [1.807, 2.05) is 24.3 Å². The Kier molecular flexibility index (Phi) is 5.58. The molecule has 112 valence electrons. The Balaban J connectivity index is 2.44. The second kappa shape index (κ2) is 7.64. The highest BCUT2D eigenvalue weighted by atomic mass is 16.5. The van der Waals surface area contributed by atoms with E-state index >= 15 is 0 Å². The van der Waals surface area contributed by atoms with Crippen LogP contribution >= 0.6 is 0 Å². The van der Waals surface area contributed by atoms with Crippen LogP contribution in [0.15, 0.2) is 36.7 Å². The number of rotatable bonds is 7. The summed E-state index contributed by atoms with van der Waals surface area (Å²) in [7, 11) is 3.32. The van der Waals surface area contributed by atoms with Gasteiger partial charge in [0, 0.05) is 18.9 Å². The van der Waals surface area contributed by atoms with Crippen molar-refractivity contribution in [3.63, 3.8) is 0 Å². The van der Waals surface area contributed by atoms with Crippen molar-refractivity contribution in [2.24, 2.45) is 0 Å². The predicted octanol–water partition coefficient (Wildman–Crippen LogP) is 3.27. The SMILES string of the molecule is CCCNCc1cc(OC)c(OC)cc1-c1ccncc1. The number of pyridine rings is 1. The lowest BCUT2D eigenvalue weighted by molar-refractivity contribution is 0.354. The highest BCUT2D eigenvalue weighted by molar-refractivity contribution is 5.71. The van der Waals surface area contributed by atoms with Crippen molar-refractivity contribution in [3.05, 3.63) is 42.2 Å². The van der Waals surface area contributed by atoms with Gasteiger partial charge in [-0.1, -0.05) is 6.92 Å². The van der Waals surface area contributed by atoms with Gasteiger partial charge in [0.2, 0.25) is 0 Å². The number of benzene rings is 1. The van der Waals surface area contributed by atoms with Crippen LogP contribution < -0.4 is 14.8 Å². The highest BCUT2D eigenvalue weighted by Gasteiger charge is 2.12. The van der Waals surface area contributed by atoms with Crippen molar-refractivity contribution in [3.8, 4) is 22.6 Å². The van der Waals surface area contributed by atoms with E-state index in [2.05, 4.69) is 17.2 Å². The maximum Gasteiger partial charge on any atom is 0.161 e. The Labute approximate surface area is 126 Å². The molecule has 21 heavy (non-hydrogen) atoms. The fourth-order valence-electron chi connectivity index (χ4n) is 2.27. The molecule has 0 spiro atoms. The standard InChI is InChI=1S/C17H22N2O2/c1-4-7-19-12-14-10-16(20-2)17(21-3)11-15(14)13-5-8-18-9-6-13/h5-6,8-11,19H,4,7,12H2,1-3H3. The third-order valence-corrected chi connectivity index (χ3v) is 3.34. The number of hydrogen-bond donors (Lipinski definition) is 1. The van der Waals surface area contributed by atoms with E-state index in [-0.39, 0.29) is 0 Å². The number of methoxy groups -OCH3 is 2. The van der Waals surface area contributed by atoms with Gasteiger partial charge in [-0.15, -0.1) is 0 Å².